The molecule has 7 heteroatoms. The summed E-state index contributed by atoms with van der Waals surface area (Å²) < 4.78 is 0. The van der Waals surface area contributed by atoms with Crippen LogP contribution in [-0.4, -0.2) is 36.9 Å². The third-order valence-corrected chi connectivity index (χ3v) is 8.88. The van der Waals surface area contributed by atoms with Gasteiger partial charge >= 0.3 is 0 Å². The van der Waals surface area contributed by atoms with Gasteiger partial charge < -0.3 is 10.6 Å². The van der Waals surface area contributed by atoms with Gasteiger partial charge in [-0.15, -0.1) is 11.3 Å². The minimum atomic E-state index is -0.736. The molecule has 2 atom stereocenters. The van der Waals surface area contributed by atoms with Gasteiger partial charge in [-0.05, 0) is 79.4 Å². The number of aryl methyl sites for hydroxylation is 1. The summed E-state index contributed by atoms with van der Waals surface area (Å²) in [6.45, 7) is 5.98. The highest BCUT2D eigenvalue weighted by atomic mass is 32.1. The van der Waals surface area contributed by atoms with Crippen molar-refractivity contribution in [2.75, 3.05) is 25.0 Å². The Hall–Kier alpha value is -3.63. The van der Waals surface area contributed by atoms with Gasteiger partial charge in [-0.3, -0.25) is 9.69 Å². The number of thiophene rings is 1. The Bertz CT molecular complexity index is 1350. The molecule has 3 heterocycles. The third kappa shape index (κ3) is 4.27. The van der Waals surface area contributed by atoms with E-state index in [0.717, 1.165) is 41.9 Å². The van der Waals surface area contributed by atoms with E-state index >= 15 is 0 Å². The van der Waals surface area contributed by atoms with Crippen molar-refractivity contribution in [3.05, 3.63) is 76.0 Å². The molecule has 1 unspecified atom stereocenters. The third-order valence-electron chi connectivity index (χ3n) is 7.73. The Morgan fingerprint density at radius 3 is 2.53 bits per heavy atom. The SMILES string of the molecule is Cc1ccc(N2CCC(C3C(=O)N(C)C(N)=N[C@]3(C)c3cc(-c4cccc(C#N)c4)cs3)CC2)cc1. The van der Waals surface area contributed by atoms with Crippen molar-refractivity contribution < 1.29 is 4.79 Å². The number of rotatable bonds is 4. The number of guanidine groups is 1. The van der Waals surface area contributed by atoms with Gasteiger partial charge in [-0.25, -0.2) is 4.99 Å². The molecule has 184 valence electrons. The van der Waals surface area contributed by atoms with Crippen LogP contribution in [-0.2, 0) is 10.3 Å². The van der Waals surface area contributed by atoms with E-state index in [1.807, 2.05) is 18.2 Å². The van der Waals surface area contributed by atoms with Crippen LogP contribution in [0, 0.1) is 30.1 Å². The fourth-order valence-corrected chi connectivity index (χ4v) is 6.65. The van der Waals surface area contributed by atoms with E-state index in [1.54, 1.807) is 24.5 Å². The molecule has 5 rings (SSSR count). The lowest BCUT2D eigenvalue weighted by Gasteiger charge is -2.46. The maximum absolute atomic E-state index is 13.7. The molecule has 0 spiro atoms. The van der Waals surface area contributed by atoms with Crippen LogP contribution in [0.15, 0.2) is 65.0 Å². The fourth-order valence-electron chi connectivity index (χ4n) is 5.58. The highest BCUT2D eigenvalue weighted by Crippen LogP contribution is 2.47. The minimum Gasteiger partial charge on any atom is -0.372 e. The molecule has 0 radical (unpaired) electrons. The highest BCUT2D eigenvalue weighted by Gasteiger charge is 2.51. The summed E-state index contributed by atoms with van der Waals surface area (Å²) in [6, 6.07) is 20.6. The number of hydrogen-bond donors (Lipinski definition) is 1. The number of piperidine rings is 1. The molecule has 1 aromatic heterocycles. The second-order valence-electron chi connectivity index (χ2n) is 10.0. The van der Waals surface area contributed by atoms with Crippen LogP contribution >= 0.6 is 11.3 Å². The highest BCUT2D eigenvalue weighted by molar-refractivity contribution is 7.10. The van der Waals surface area contributed by atoms with Gasteiger partial charge in [0.15, 0.2) is 5.96 Å². The molecule has 36 heavy (non-hydrogen) atoms. The largest absolute Gasteiger partial charge is 0.372 e. The Balaban J connectivity index is 1.45. The second kappa shape index (κ2) is 9.44. The van der Waals surface area contributed by atoms with Crippen molar-refractivity contribution in [2.24, 2.45) is 22.6 Å². The van der Waals surface area contributed by atoms with Gasteiger partial charge in [-0.1, -0.05) is 29.8 Å². The number of benzene rings is 2. The lowest BCUT2D eigenvalue weighted by atomic mass is 9.70. The number of nitrogens with zero attached hydrogens (tertiary/aromatic N) is 4. The molecule has 0 aliphatic carbocycles. The van der Waals surface area contributed by atoms with Crippen molar-refractivity contribution in [2.45, 2.75) is 32.2 Å². The summed E-state index contributed by atoms with van der Waals surface area (Å²) in [4.78, 5) is 23.6. The zero-order valence-corrected chi connectivity index (χ0v) is 21.8. The van der Waals surface area contributed by atoms with Gasteiger partial charge in [0.25, 0.3) is 0 Å². The number of amides is 1. The molecular weight excluding hydrogens is 466 g/mol. The summed E-state index contributed by atoms with van der Waals surface area (Å²) in [5, 5.41) is 11.4. The van der Waals surface area contributed by atoms with Gasteiger partial charge in [-0.2, -0.15) is 5.26 Å². The van der Waals surface area contributed by atoms with E-state index in [9.17, 15) is 10.1 Å². The van der Waals surface area contributed by atoms with Crippen molar-refractivity contribution in [3.63, 3.8) is 0 Å². The van der Waals surface area contributed by atoms with Crippen molar-refractivity contribution in [1.82, 2.24) is 4.90 Å². The average molecular weight is 498 g/mol. The lowest BCUT2D eigenvalue weighted by molar-refractivity contribution is -0.136. The van der Waals surface area contributed by atoms with Crippen molar-refractivity contribution >= 4 is 28.9 Å². The molecule has 3 aromatic rings. The zero-order valence-electron chi connectivity index (χ0n) is 20.9. The lowest BCUT2D eigenvalue weighted by Crippen LogP contribution is -2.56. The van der Waals surface area contributed by atoms with E-state index < -0.39 is 5.54 Å². The van der Waals surface area contributed by atoms with Gasteiger partial charge in [0.1, 0.15) is 5.54 Å². The van der Waals surface area contributed by atoms with Gasteiger partial charge in [0.2, 0.25) is 5.91 Å². The fraction of sp³-hybridized carbons (Fsp3) is 0.345. The van der Waals surface area contributed by atoms with E-state index in [4.69, 9.17) is 10.7 Å². The maximum atomic E-state index is 13.7. The monoisotopic (exact) mass is 497 g/mol. The molecule has 1 amide bonds. The Kier molecular flexibility index (Phi) is 6.31. The molecule has 6 nitrogen and oxygen atoms in total. The first kappa shape index (κ1) is 24.1. The van der Waals surface area contributed by atoms with Crippen LogP contribution in [0.3, 0.4) is 0 Å². The topological polar surface area (TPSA) is 85.7 Å². The Morgan fingerprint density at radius 2 is 1.83 bits per heavy atom. The molecule has 0 saturated carbocycles. The normalized spacial score (nSPS) is 22.9. The molecule has 2 aliphatic heterocycles. The molecule has 2 N–H and O–H groups in total. The molecule has 1 saturated heterocycles. The first-order valence-corrected chi connectivity index (χ1v) is 13.2. The predicted molar refractivity (Wildman–Crippen MR) is 146 cm³/mol. The van der Waals surface area contributed by atoms with E-state index in [0.29, 0.717) is 5.56 Å². The van der Waals surface area contributed by atoms with E-state index in [-0.39, 0.29) is 23.7 Å². The average Bonchev–Trinajstić information content (AvgIpc) is 3.40. The molecule has 2 aromatic carbocycles. The van der Waals surface area contributed by atoms with Crippen molar-refractivity contribution in [1.29, 1.82) is 5.26 Å². The molecule has 1 fully saturated rings. The molecule has 2 aliphatic rings. The van der Waals surface area contributed by atoms with Crippen LogP contribution in [0.25, 0.3) is 11.1 Å². The Labute approximate surface area is 216 Å². The number of carbonyl (C=O) groups is 1. The Morgan fingerprint density at radius 1 is 1.11 bits per heavy atom. The smallest absolute Gasteiger partial charge is 0.235 e. The molecule has 0 bridgehead atoms. The van der Waals surface area contributed by atoms with Gasteiger partial charge in [0.05, 0.1) is 17.6 Å². The van der Waals surface area contributed by atoms with Crippen LogP contribution in [0.1, 0.15) is 35.8 Å². The number of aliphatic imine (C=N–C) groups is 1. The van der Waals surface area contributed by atoms with Crippen LogP contribution in [0.4, 0.5) is 5.69 Å². The summed E-state index contributed by atoms with van der Waals surface area (Å²) in [5.41, 5.74) is 10.6. The number of hydrogen-bond acceptors (Lipinski definition) is 6. The van der Waals surface area contributed by atoms with E-state index in [1.165, 1.54) is 16.2 Å². The first-order chi connectivity index (χ1) is 17.3. The standard InChI is InChI=1S/C29H31N5OS/c1-19-7-9-24(10-8-19)34-13-11-21(12-14-34)26-27(35)33(3)28(31)32-29(26,2)25-16-23(18-36-25)22-6-4-5-20(15-22)17-30/h4-10,15-16,18,21,26H,11-14H2,1-3H3,(H2,31,32)/t26?,29-/m1/s1. The summed E-state index contributed by atoms with van der Waals surface area (Å²) in [7, 11) is 1.72. The minimum absolute atomic E-state index is 0.0419. The number of anilines is 1. The van der Waals surface area contributed by atoms with Crippen LogP contribution in [0.2, 0.25) is 0 Å². The second-order valence-corrected chi connectivity index (χ2v) is 11.0. The number of carbonyl (C=O) groups excluding carboxylic acids is 1. The number of nitriles is 1. The van der Waals surface area contributed by atoms with Crippen LogP contribution < -0.4 is 10.6 Å². The number of nitrogens with two attached hydrogens (primary N) is 1. The van der Waals surface area contributed by atoms with Crippen LogP contribution in [0.5, 0.6) is 0 Å². The molecular formula is C29H31N5OS. The maximum Gasteiger partial charge on any atom is 0.235 e. The summed E-state index contributed by atoms with van der Waals surface area (Å²) >= 11 is 1.61. The van der Waals surface area contributed by atoms with E-state index in [2.05, 4.69) is 60.5 Å². The first-order valence-electron chi connectivity index (χ1n) is 12.3. The van der Waals surface area contributed by atoms with Gasteiger partial charge in [0, 0.05) is 30.7 Å². The zero-order chi connectivity index (χ0) is 25.4. The van der Waals surface area contributed by atoms with Crippen molar-refractivity contribution in [3.8, 4) is 17.2 Å². The quantitative estimate of drug-likeness (QED) is 0.541. The predicted octanol–water partition coefficient (Wildman–Crippen LogP) is 5.13. The summed E-state index contributed by atoms with van der Waals surface area (Å²) in [5.74, 6) is 0.223. The summed E-state index contributed by atoms with van der Waals surface area (Å²) in [6.07, 6.45) is 1.84.